The van der Waals surface area contributed by atoms with Crippen molar-refractivity contribution in [2.75, 3.05) is 0 Å². The summed E-state index contributed by atoms with van der Waals surface area (Å²) in [5, 5.41) is 11.0. The van der Waals surface area contributed by atoms with Gasteiger partial charge in [-0.25, -0.2) is 0 Å². The second-order valence-electron chi connectivity index (χ2n) is 5.34. The second kappa shape index (κ2) is 3.98. The minimum Gasteiger partial charge on any atom is -0.482 e. The van der Waals surface area contributed by atoms with E-state index in [1.165, 1.54) is 0 Å². The van der Waals surface area contributed by atoms with Crippen molar-refractivity contribution in [2.24, 2.45) is 0 Å². The molecule has 5 heteroatoms. The summed E-state index contributed by atoms with van der Waals surface area (Å²) in [5.74, 6) is 0.106. The number of nitrogens with zero attached hydrogens (tertiary/aromatic N) is 2. The van der Waals surface area contributed by atoms with Crippen molar-refractivity contribution in [1.82, 2.24) is 4.98 Å². The first kappa shape index (κ1) is 11.8. The van der Waals surface area contributed by atoms with E-state index in [1.54, 1.807) is 12.1 Å². The minimum absolute atomic E-state index is 0.135. The van der Waals surface area contributed by atoms with Crippen LogP contribution < -0.4 is 4.74 Å². The Morgan fingerprint density at radius 2 is 2.06 bits per heavy atom. The van der Waals surface area contributed by atoms with Gasteiger partial charge < -0.3 is 14.9 Å². The Hall–Kier alpha value is -1.65. The van der Waals surface area contributed by atoms with E-state index in [0.29, 0.717) is 5.69 Å². The van der Waals surface area contributed by atoms with Crippen LogP contribution >= 0.6 is 0 Å². The highest BCUT2D eigenvalue weighted by Crippen LogP contribution is 2.34. The van der Waals surface area contributed by atoms with E-state index in [0.717, 1.165) is 12.8 Å². The first-order valence-corrected chi connectivity index (χ1v) is 5.70. The molecule has 2 rings (SSSR count). The summed E-state index contributed by atoms with van der Waals surface area (Å²) in [5.41, 5.74) is 0.496. The summed E-state index contributed by atoms with van der Waals surface area (Å²) < 4.78 is 5.48. The molecule has 0 radical (unpaired) electrons. The molecule has 1 heterocycles. The van der Waals surface area contributed by atoms with Crippen LogP contribution in [-0.4, -0.2) is 16.0 Å². The number of hydrogen-bond donors (Lipinski definition) is 0. The lowest BCUT2D eigenvalue weighted by atomic mass is 9.92. The number of ether oxygens (including phenoxy) is 1. The number of pyridine rings is 1. The molecule has 0 bridgehead atoms. The Morgan fingerprint density at radius 1 is 1.41 bits per heavy atom. The molecule has 0 spiro atoms. The van der Waals surface area contributed by atoms with Crippen molar-refractivity contribution in [3.63, 3.8) is 0 Å². The van der Waals surface area contributed by atoms with E-state index in [9.17, 15) is 10.1 Å². The smallest absolute Gasteiger partial charge is 0.406 e. The third-order valence-electron chi connectivity index (χ3n) is 2.60. The molecule has 92 valence electrons. The molecule has 0 N–H and O–H groups in total. The minimum atomic E-state index is -0.479. The van der Waals surface area contributed by atoms with Gasteiger partial charge in [-0.1, -0.05) is 20.8 Å². The van der Waals surface area contributed by atoms with Crippen LogP contribution in [0.1, 0.15) is 39.3 Å². The highest BCUT2D eigenvalue weighted by atomic mass is 16.6. The lowest BCUT2D eigenvalue weighted by Gasteiger charge is -2.14. The van der Waals surface area contributed by atoms with Crippen LogP contribution in [0.5, 0.6) is 5.75 Å². The van der Waals surface area contributed by atoms with Gasteiger partial charge in [0.25, 0.3) is 0 Å². The molecular weight excluding hydrogens is 220 g/mol. The SMILES string of the molecule is CC(C)(C)c1ccc(OC2CC2)c([N+](=O)[O-])n1. The van der Waals surface area contributed by atoms with Crippen molar-refractivity contribution in [3.8, 4) is 5.75 Å². The maximum absolute atomic E-state index is 11.0. The molecule has 1 saturated carbocycles. The standard InChI is InChI=1S/C12H16N2O3/c1-12(2,3)10-7-6-9(17-8-4-5-8)11(13-10)14(15)16/h6-8H,4-5H2,1-3H3. The van der Waals surface area contributed by atoms with Gasteiger partial charge in [0.1, 0.15) is 0 Å². The first-order chi connectivity index (χ1) is 7.88. The molecule has 1 fully saturated rings. The van der Waals surface area contributed by atoms with Crippen LogP contribution in [0, 0.1) is 10.1 Å². The van der Waals surface area contributed by atoms with Crippen LogP contribution in [0.15, 0.2) is 12.1 Å². The maximum Gasteiger partial charge on any atom is 0.406 e. The Morgan fingerprint density at radius 3 is 2.53 bits per heavy atom. The lowest BCUT2D eigenvalue weighted by Crippen LogP contribution is -2.15. The summed E-state index contributed by atoms with van der Waals surface area (Å²) in [6.45, 7) is 5.92. The average Bonchev–Trinajstić information content (AvgIpc) is 3.00. The lowest BCUT2D eigenvalue weighted by molar-refractivity contribution is -0.390. The van der Waals surface area contributed by atoms with Crippen molar-refractivity contribution in [3.05, 3.63) is 27.9 Å². The topological polar surface area (TPSA) is 65.3 Å². The monoisotopic (exact) mass is 236 g/mol. The van der Waals surface area contributed by atoms with Crippen molar-refractivity contribution < 1.29 is 9.66 Å². The maximum atomic E-state index is 11.0. The van der Waals surface area contributed by atoms with Crippen molar-refractivity contribution in [1.29, 1.82) is 0 Å². The van der Waals surface area contributed by atoms with Crippen molar-refractivity contribution >= 4 is 5.82 Å². The quantitative estimate of drug-likeness (QED) is 0.598. The average molecular weight is 236 g/mol. The van der Waals surface area contributed by atoms with E-state index in [2.05, 4.69) is 4.98 Å². The molecule has 0 aromatic carbocycles. The van der Waals surface area contributed by atoms with E-state index < -0.39 is 4.92 Å². The molecule has 0 amide bonds. The van der Waals surface area contributed by atoms with Gasteiger partial charge >= 0.3 is 5.82 Å². The van der Waals surface area contributed by atoms with Gasteiger partial charge in [0.15, 0.2) is 5.69 Å². The summed E-state index contributed by atoms with van der Waals surface area (Å²) in [6, 6.07) is 3.45. The summed E-state index contributed by atoms with van der Waals surface area (Å²) in [7, 11) is 0. The van der Waals surface area contributed by atoms with E-state index in [-0.39, 0.29) is 23.1 Å². The Balaban J connectivity index is 2.36. The highest BCUT2D eigenvalue weighted by molar-refractivity contribution is 5.42. The second-order valence-corrected chi connectivity index (χ2v) is 5.34. The molecule has 5 nitrogen and oxygen atoms in total. The fourth-order valence-corrected chi connectivity index (χ4v) is 1.44. The van der Waals surface area contributed by atoms with Gasteiger partial charge in [-0.2, -0.15) is 0 Å². The van der Waals surface area contributed by atoms with Crippen LogP contribution in [0.25, 0.3) is 0 Å². The number of rotatable bonds is 3. The predicted octanol–water partition coefficient (Wildman–Crippen LogP) is 2.83. The Kier molecular flexibility index (Phi) is 2.77. The van der Waals surface area contributed by atoms with Gasteiger partial charge in [0.2, 0.25) is 5.75 Å². The molecule has 0 unspecified atom stereocenters. The highest BCUT2D eigenvalue weighted by Gasteiger charge is 2.30. The molecule has 1 aliphatic carbocycles. The fraction of sp³-hybridized carbons (Fsp3) is 0.583. The largest absolute Gasteiger partial charge is 0.482 e. The van der Waals surface area contributed by atoms with Gasteiger partial charge in [0.05, 0.1) is 6.10 Å². The van der Waals surface area contributed by atoms with Crippen molar-refractivity contribution in [2.45, 2.75) is 45.1 Å². The van der Waals surface area contributed by atoms with Crippen LogP contribution in [0.2, 0.25) is 0 Å². The first-order valence-electron chi connectivity index (χ1n) is 5.70. The van der Waals surface area contributed by atoms with Gasteiger partial charge in [-0.3, -0.25) is 0 Å². The third kappa shape index (κ3) is 2.72. The van der Waals surface area contributed by atoms with E-state index >= 15 is 0 Å². The zero-order valence-electron chi connectivity index (χ0n) is 10.3. The predicted molar refractivity (Wildman–Crippen MR) is 63.2 cm³/mol. The van der Waals surface area contributed by atoms with Gasteiger partial charge in [-0.15, -0.1) is 0 Å². The van der Waals surface area contributed by atoms with Gasteiger partial charge in [-0.05, 0) is 34.9 Å². The van der Waals surface area contributed by atoms with E-state index in [1.807, 2.05) is 20.8 Å². The Labute approximate surface area is 100.0 Å². The fourth-order valence-electron chi connectivity index (χ4n) is 1.44. The van der Waals surface area contributed by atoms with Crippen LogP contribution in [-0.2, 0) is 5.41 Å². The number of hydrogen-bond acceptors (Lipinski definition) is 4. The molecule has 1 aliphatic rings. The summed E-state index contributed by atoms with van der Waals surface area (Å²) >= 11 is 0. The Bertz CT molecular complexity index is 448. The molecule has 0 saturated heterocycles. The number of nitro groups is 1. The summed E-state index contributed by atoms with van der Waals surface area (Å²) in [6.07, 6.45) is 2.08. The normalized spacial score (nSPS) is 15.7. The molecule has 1 aromatic rings. The summed E-state index contributed by atoms with van der Waals surface area (Å²) in [4.78, 5) is 14.6. The van der Waals surface area contributed by atoms with Gasteiger partial charge in [0, 0.05) is 5.41 Å². The molecule has 0 aliphatic heterocycles. The van der Waals surface area contributed by atoms with Crippen LogP contribution in [0.3, 0.4) is 0 Å². The molecule has 1 aromatic heterocycles. The molecule has 0 atom stereocenters. The molecular formula is C12H16N2O3. The number of aromatic nitrogens is 1. The zero-order valence-corrected chi connectivity index (χ0v) is 10.3. The molecule has 17 heavy (non-hydrogen) atoms. The van der Waals surface area contributed by atoms with E-state index in [4.69, 9.17) is 4.74 Å². The third-order valence-corrected chi connectivity index (χ3v) is 2.60. The zero-order chi connectivity index (χ0) is 12.6. The van der Waals surface area contributed by atoms with Crippen LogP contribution in [0.4, 0.5) is 5.82 Å².